The van der Waals surface area contributed by atoms with Gasteiger partial charge in [-0.15, -0.1) is 12.4 Å². The standard InChI is InChI=1S/C23H25N5O2.ClH/c1-15(24-2)22(29)26-20-12-11-16-7-3-6-10-21(16)28(23(20)30)14-17-13-25-27-19-9-5-4-8-18(17)19;/h3-10,13,15,20,24H,11-12,14H2,1-2H3,(H,26,29);1H. The second kappa shape index (κ2) is 9.85. The number of likely N-dealkylation sites (N-methyl/N-ethyl adjacent to an activating group) is 1. The van der Waals surface area contributed by atoms with E-state index in [1.165, 1.54) is 0 Å². The third-order valence-corrected chi connectivity index (χ3v) is 5.65. The lowest BCUT2D eigenvalue weighted by atomic mass is 10.1. The van der Waals surface area contributed by atoms with E-state index >= 15 is 0 Å². The van der Waals surface area contributed by atoms with Gasteiger partial charge in [-0.25, -0.2) is 0 Å². The summed E-state index contributed by atoms with van der Waals surface area (Å²) >= 11 is 0. The van der Waals surface area contributed by atoms with E-state index in [0.717, 1.165) is 27.7 Å². The largest absolute Gasteiger partial charge is 0.343 e. The maximum absolute atomic E-state index is 13.5. The Labute approximate surface area is 187 Å². The van der Waals surface area contributed by atoms with Crippen LogP contribution in [0.5, 0.6) is 0 Å². The minimum absolute atomic E-state index is 0. The Morgan fingerprint density at radius 2 is 1.94 bits per heavy atom. The average molecular weight is 440 g/mol. The van der Waals surface area contributed by atoms with Crippen LogP contribution in [0.4, 0.5) is 5.69 Å². The predicted molar refractivity (Wildman–Crippen MR) is 123 cm³/mol. The van der Waals surface area contributed by atoms with Crippen LogP contribution in [-0.2, 0) is 22.6 Å². The van der Waals surface area contributed by atoms with Gasteiger partial charge >= 0.3 is 0 Å². The lowest BCUT2D eigenvalue weighted by Gasteiger charge is -2.27. The molecule has 2 aromatic carbocycles. The summed E-state index contributed by atoms with van der Waals surface area (Å²) in [4.78, 5) is 27.8. The molecule has 2 heterocycles. The Morgan fingerprint density at radius 1 is 1.19 bits per heavy atom. The number of anilines is 1. The highest BCUT2D eigenvalue weighted by Crippen LogP contribution is 2.29. The van der Waals surface area contributed by atoms with E-state index in [9.17, 15) is 9.59 Å². The minimum Gasteiger partial charge on any atom is -0.343 e. The number of fused-ring (bicyclic) bond motifs is 2. The molecule has 0 bridgehead atoms. The SMILES string of the molecule is CNC(C)C(=O)NC1CCc2ccccc2N(Cc2cnnc3ccccc23)C1=O.Cl. The van der Waals surface area contributed by atoms with Gasteiger partial charge in [0.25, 0.3) is 0 Å². The number of carbonyl (C=O) groups is 2. The molecule has 0 saturated carbocycles. The number of halogens is 1. The maximum Gasteiger partial charge on any atom is 0.249 e. The zero-order valence-electron chi connectivity index (χ0n) is 17.5. The van der Waals surface area contributed by atoms with Gasteiger partial charge in [0.1, 0.15) is 6.04 Å². The highest BCUT2D eigenvalue weighted by atomic mass is 35.5. The van der Waals surface area contributed by atoms with E-state index in [-0.39, 0.29) is 30.3 Å². The Bertz CT molecular complexity index is 1090. The average Bonchev–Trinajstić information content (AvgIpc) is 2.91. The van der Waals surface area contributed by atoms with Gasteiger partial charge in [0.05, 0.1) is 24.3 Å². The summed E-state index contributed by atoms with van der Waals surface area (Å²) in [6.07, 6.45) is 2.98. The highest BCUT2D eigenvalue weighted by molar-refractivity contribution is 6.01. The van der Waals surface area contributed by atoms with Crippen molar-refractivity contribution in [2.75, 3.05) is 11.9 Å². The molecule has 1 aliphatic rings. The van der Waals surface area contributed by atoms with Crippen LogP contribution in [0.25, 0.3) is 10.9 Å². The van der Waals surface area contributed by atoms with Crippen molar-refractivity contribution in [3.63, 3.8) is 0 Å². The first kappa shape index (κ1) is 22.7. The first-order valence-corrected chi connectivity index (χ1v) is 10.1. The van der Waals surface area contributed by atoms with E-state index in [2.05, 4.69) is 20.8 Å². The summed E-state index contributed by atoms with van der Waals surface area (Å²) in [6.45, 7) is 2.14. The smallest absolute Gasteiger partial charge is 0.249 e. The summed E-state index contributed by atoms with van der Waals surface area (Å²) in [6, 6.07) is 14.7. The number of benzene rings is 2. The van der Waals surface area contributed by atoms with Crippen molar-refractivity contribution in [1.82, 2.24) is 20.8 Å². The molecule has 7 nitrogen and oxygen atoms in total. The number of nitrogens with one attached hydrogen (secondary N) is 2. The predicted octanol–water partition coefficient (Wildman–Crippen LogP) is 2.62. The zero-order valence-corrected chi connectivity index (χ0v) is 18.4. The monoisotopic (exact) mass is 439 g/mol. The van der Waals surface area contributed by atoms with Crippen molar-refractivity contribution in [3.8, 4) is 0 Å². The molecule has 8 heteroatoms. The Balaban J connectivity index is 0.00000272. The molecule has 1 aliphatic heterocycles. The van der Waals surface area contributed by atoms with Gasteiger partial charge in [0.2, 0.25) is 11.8 Å². The van der Waals surface area contributed by atoms with Gasteiger partial charge in [0.15, 0.2) is 0 Å². The fourth-order valence-corrected chi connectivity index (χ4v) is 3.80. The fraction of sp³-hybridized carbons (Fsp3) is 0.304. The summed E-state index contributed by atoms with van der Waals surface area (Å²) < 4.78 is 0. The second-order valence-electron chi connectivity index (χ2n) is 7.55. The molecule has 4 rings (SSSR count). The minimum atomic E-state index is -0.582. The van der Waals surface area contributed by atoms with Crippen molar-refractivity contribution in [2.45, 2.75) is 38.4 Å². The fourth-order valence-electron chi connectivity index (χ4n) is 3.80. The molecular weight excluding hydrogens is 414 g/mol. The van der Waals surface area contributed by atoms with Crippen LogP contribution >= 0.6 is 12.4 Å². The normalized spacial score (nSPS) is 16.8. The molecule has 0 aliphatic carbocycles. The summed E-state index contributed by atoms with van der Waals surface area (Å²) in [5.41, 5.74) is 3.68. The topological polar surface area (TPSA) is 87.2 Å². The van der Waals surface area contributed by atoms with Crippen molar-refractivity contribution in [3.05, 3.63) is 65.9 Å². The molecule has 31 heavy (non-hydrogen) atoms. The number of amides is 2. The summed E-state index contributed by atoms with van der Waals surface area (Å²) in [5.74, 6) is -0.296. The van der Waals surface area contributed by atoms with Gasteiger partial charge in [-0.1, -0.05) is 36.4 Å². The molecule has 0 saturated heterocycles. The first-order valence-electron chi connectivity index (χ1n) is 10.1. The van der Waals surface area contributed by atoms with Crippen LogP contribution in [0.3, 0.4) is 0 Å². The lowest BCUT2D eigenvalue weighted by Crippen LogP contribution is -2.52. The molecule has 2 atom stereocenters. The van der Waals surface area contributed by atoms with Crippen LogP contribution in [0.15, 0.2) is 54.7 Å². The Hall–Kier alpha value is -3.03. The number of aromatic nitrogens is 2. The number of nitrogens with zero attached hydrogens (tertiary/aromatic N) is 3. The zero-order chi connectivity index (χ0) is 21.1. The van der Waals surface area contributed by atoms with Gasteiger partial charge in [-0.05, 0) is 44.5 Å². The molecule has 0 fully saturated rings. The van der Waals surface area contributed by atoms with Crippen LogP contribution in [0.2, 0.25) is 0 Å². The number of aryl methyl sites for hydroxylation is 1. The van der Waals surface area contributed by atoms with Crippen LogP contribution < -0.4 is 15.5 Å². The van der Waals surface area contributed by atoms with E-state index in [1.54, 1.807) is 25.1 Å². The van der Waals surface area contributed by atoms with Crippen molar-refractivity contribution in [2.24, 2.45) is 0 Å². The number of rotatable bonds is 5. The van der Waals surface area contributed by atoms with Crippen molar-refractivity contribution >= 4 is 40.8 Å². The quantitative estimate of drug-likeness (QED) is 0.638. The summed E-state index contributed by atoms with van der Waals surface area (Å²) in [5, 5.41) is 15.1. The molecule has 3 aromatic rings. The molecule has 0 spiro atoms. The number of para-hydroxylation sites is 1. The molecule has 2 unspecified atom stereocenters. The van der Waals surface area contributed by atoms with E-state index < -0.39 is 6.04 Å². The third-order valence-electron chi connectivity index (χ3n) is 5.65. The molecule has 162 valence electrons. The van der Waals surface area contributed by atoms with Crippen LogP contribution in [0.1, 0.15) is 24.5 Å². The van der Waals surface area contributed by atoms with Gasteiger partial charge in [-0.3, -0.25) is 9.59 Å². The van der Waals surface area contributed by atoms with Crippen molar-refractivity contribution < 1.29 is 9.59 Å². The van der Waals surface area contributed by atoms with Gasteiger partial charge in [-0.2, -0.15) is 10.2 Å². The number of hydrogen-bond donors (Lipinski definition) is 2. The number of hydrogen-bond acceptors (Lipinski definition) is 5. The van der Waals surface area contributed by atoms with E-state index in [0.29, 0.717) is 19.4 Å². The van der Waals surface area contributed by atoms with Crippen molar-refractivity contribution in [1.29, 1.82) is 0 Å². The Morgan fingerprint density at radius 3 is 2.74 bits per heavy atom. The molecule has 2 amide bonds. The van der Waals surface area contributed by atoms with E-state index in [4.69, 9.17) is 0 Å². The summed E-state index contributed by atoms with van der Waals surface area (Å²) in [7, 11) is 1.73. The van der Waals surface area contributed by atoms with E-state index in [1.807, 2.05) is 48.5 Å². The lowest BCUT2D eigenvalue weighted by molar-refractivity contribution is -0.128. The Kier molecular flexibility index (Phi) is 7.20. The highest BCUT2D eigenvalue weighted by Gasteiger charge is 2.32. The molecule has 2 N–H and O–H groups in total. The molecule has 1 aromatic heterocycles. The number of carbonyl (C=O) groups excluding carboxylic acids is 2. The molecular formula is C23H26ClN5O2. The van der Waals surface area contributed by atoms with Crippen LogP contribution in [0, 0.1) is 0 Å². The maximum atomic E-state index is 13.5. The second-order valence-corrected chi connectivity index (χ2v) is 7.55. The third kappa shape index (κ3) is 4.68. The van der Waals surface area contributed by atoms with Gasteiger partial charge in [0, 0.05) is 16.6 Å². The van der Waals surface area contributed by atoms with Gasteiger partial charge < -0.3 is 15.5 Å². The first-order chi connectivity index (χ1) is 14.6. The molecule has 0 radical (unpaired) electrons. The van der Waals surface area contributed by atoms with Crippen LogP contribution in [-0.4, -0.2) is 41.1 Å².